The van der Waals surface area contributed by atoms with Gasteiger partial charge >= 0.3 is 0 Å². The van der Waals surface area contributed by atoms with E-state index in [0.717, 1.165) is 17.9 Å². The van der Waals surface area contributed by atoms with Crippen molar-refractivity contribution in [3.8, 4) is 0 Å². The summed E-state index contributed by atoms with van der Waals surface area (Å²) in [4.78, 5) is 12.5. The number of benzene rings is 1. The molecule has 4 nitrogen and oxygen atoms in total. The molecule has 1 fully saturated rings. The number of hydrogen-bond donors (Lipinski definition) is 2. The molecule has 0 aliphatic carbocycles. The lowest BCUT2D eigenvalue weighted by molar-refractivity contribution is -0.105. The summed E-state index contributed by atoms with van der Waals surface area (Å²) >= 11 is 1.90. The van der Waals surface area contributed by atoms with Crippen molar-refractivity contribution in [1.82, 2.24) is 4.90 Å². The van der Waals surface area contributed by atoms with Gasteiger partial charge in [-0.05, 0) is 31.3 Å². The molecule has 1 heterocycles. The molecule has 2 N–H and O–H groups in total. The van der Waals surface area contributed by atoms with Crippen LogP contribution in [-0.2, 0) is 4.79 Å². The first-order chi connectivity index (χ1) is 7.79. The lowest BCUT2D eigenvalue weighted by Gasteiger charge is -2.20. The van der Waals surface area contributed by atoms with E-state index < -0.39 is 0 Å². The second kappa shape index (κ2) is 5.23. The average Bonchev–Trinajstić information content (AvgIpc) is 2.68. The highest BCUT2D eigenvalue weighted by Gasteiger charge is 2.20. The van der Waals surface area contributed by atoms with Crippen LogP contribution < -0.4 is 10.6 Å². The van der Waals surface area contributed by atoms with Gasteiger partial charge in [0, 0.05) is 23.7 Å². The highest BCUT2D eigenvalue weighted by molar-refractivity contribution is 8.00. The van der Waals surface area contributed by atoms with E-state index in [1.807, 2.05) is 36.0 Å². The summed E-state index contributed by atoms with van der Waals surface area (Å²) in [6.07, 6.45) is 0.684. The van der Waals surface area contributed by atoms with E-state index in [-0.39, 0.29) is 0 Å². The second-order valence-electron chi connectivity index (χ2n) is 3.69. The van der Waals surface area contributed by atoms with Crippen molar-refractivity contribution in [1.29, 1.82) is 0 Å². The van der Waals surface area contributed by atoms with Gasteiger partial charge in [0.15, 0.2) is 0 Å². The van der Waals surface area contributed by atoms with E-state index in [0.29, 0.717) is 11.9 Å². The zero-order chi connectivity index (χ0) is 11.4. The van der Waals surface area contributed by atoms with Crippen LogP contribution in [0.2, 0.25) is 0 Å². The van der Waals surface area contributed by atoms with Gasteiger partial charge in [0.2, 0.25) is 6.41 Å². The average molecular weight is 237 g/mol. The summed E-state index contributed by atoms with van der Waals surface area (Å²) in [6.45, 7) is 1.12. The molecule has 0 spiro atoms. The van der Waals surface area contributed by atoms with Crippen LogP contribution in [0.5, 0.6) is 0 Å². The van der Waals surface area contributed by atoms with Crippen LogP contribution in [0, 0.1) is 0 Å². The van der Waals surface area contributed by atoms with Crippen molar-refractivity contribution < 1.29 is 4.79 Å². The Kier molecular flexibility index (Phi) is 3.69. The molecule has 1 aliphatic heterocycles. The smallest absolute Gasteiger partial charge is 0.211 e. The molecule has 1 saturated heterocycles. The molecule has 1 atom stereocenters. The summed E-state index contributed by atoms with van der Waals surface area (Å²) in [5.74, 6) is 1.17. The van der Waals surface area contributed by atoms with Gasteiger partial charge in [0.1, 0.15) is 5.50 Å². The maximum atomic E-state index is 10.2. The maximum Gasteiger partial charge on any atom is 0.211 e. The molecule has 1 amide bonds. The quantitative estimate of drug-likeness (QED) is 0.781. The number of nitrogens with one attached hydrogen (secondary N) is 2. The molecule has 16 heavy (non-hydrogen) atoms. The van der Waals surface area contributed by atoms with E-state index in [9.17, 15) is 4.79 Å². The lowest BCUT2D eigenvalue weighted by Crippen LogP contribution is -2.30. The summed E-state index contributed by atoms with van der Waals surface area (Å²) < 4.78 is 0. The molecular formula is C11H15N3OS. The lowest BCUT2D eigenvalue weighted by atomic mass is 10.3. The van der Waals surface area contributed by atoms with E-state index >= 15 is 0 Å². The van der Waals surface area contributed by atoms with Crippen molar-refractivity contribution in [2.75, 3.05) is 30.0 Å². The minimum atomic E-state index is 0.352. The van der Waals surface area contributed by atoms with E-state index in [2.05, 4.69) is 22.6 Å². The normalized spacial score (nSPS) is 20.7. The van der Waals surface area contributed by atoms with Crippen molar-refractivity contribution in [3.63, 3.8) is 0 Å². The Morgan fingerprint density at radius 3 is 2.62 bits per heavy atom. The minimum Gasteiger partial charge on any atom is -0.361 e. The van der Waals surface area contributed by atoms with Crippen LogP contribution in [0.1, 0.15) is 0 Å². The molecule has 1 aromatic carbocycles. The number of carbonyl (C=O) groups is 1. The topological polar surface area (TPSA) is 44.4 Å². The van der Waals surface area contributed by atoms with Gasteiger partial charge in [-0.1, -0.05) is 0 Å². The van der Waals surface area contributed by atoms with Crippen LogP contribution >= 0.6 is 11.8 Å². The first kappa shape index (κ1) is 11.3. The van der Waals surface area contributed by atoms with Crippen molar-refractivity contribution in [2.24, 2.45) is 0 Å². The Morgan fingerprint density at radius 1 is 1.38 bits per heavy atom. The highest BCUT2D eigenvalue weighted by atomic mass is 32.2. The van der Waals surface area contributed by atoms with Crippen LogP contribution in [-0.4, -0.2) is 36.2 Å². The number of nitrogens with zero attached hydrogens (tertiary/aromatic N) is 1. The van der Waals surface area contributed by atoms with E-state index in [4.69, 9.17) is 0 Å². The Bertz CT molecular complexity index is 355. The standard InChI is InChI=1S/C11H15N3OS/c1-14-6-7-16-11(14)13-10-4-2-9(3-5-10)12-8-15/h2-5,8,11,13H,6-7H2,1H3,(H,12,15). The molecule has 0 aromatic heterocycles. The Hall–Kier alpha value is -1.20. The molecule has 1 aromatic rings. The molecule has 0 bridgehead atoms. The molecule has 86 valence electrons. The Labute approximate surface area is 99.4 Å². The highest BCUT2D eigenvalue weighted by Crippen LogP contribution is 2.24. The van der Waals surface area contributed by atoms with Gasteiger partial charge < -0.3 is 10.6 Å². The second-order valence-corrected chi connectivity index (χ2v) is 4.88. The Morgan fingerprint density at radius 2 is 2.06 bits per heavy atom. The number of thioether (sulfide) groups is 1. The minimum absolute atomic E-state index is 0.352. The van der Waals surface area contributed by atoms with E-state index in [1.54, 1.807) is 0 Å². The molecule has 5 heteroatoms. The molecular weight excluding hydrogens is 222 g/mol. The maximum absolute atomic E-state index is 10.2. The van der Waals surface area contributed by atoms with Crippen LogP contribution in [0.3, 0.4) is 0 Å². The summed E-state index contributed by atoms with van der Waals surface area (Å²) in [6, 6.07) is 7.71. The van der Waals surface area contributed by atoms with Crippen LogP contribution in [0.15, 0.2) is 24.3 Å². The first-order valence-electron chi connectivity index (χ1n) is 5.18. The Balaban J connectivity index is 1.96. The predicted octanol–water partition coefficient (Wildman–Crippen LogP) is 1.63. The van der Waals surface area contributed by atoms with Crippen molar-refractivity contribution in [3.05, 3.63) is 24.3 Å². The fourth-order valence-corrected chi connectivity index (χ4v) is 2.77. The largest absolute Gasteiger partial charge is 0.361 e. The summed E-state index contributed by atoms with van der Waals surface area (Å²) in [5, 5.41) is 6.05. The van der Waals surface area contributed by atoms with Crippen molar-refractivity contribution >= 4 is 29.5 Å². The van der Waals surface area contributed by atoms with Gasteiger partial charge in [0.25, 0.3) is 0 Å². The fourth-order valence-electron chi connectivity index (χ4n) is 1.58. The third kappa shape index (κ3) is 2.68. The SMILES string of the molecule is CN1CCSC1Nc1ccc(NC=O)cc1. The molecule has 1 aliphatic rings. The number of amides is 1. The molecule has 1 unspecified atom stereocenters. The van der Waals surface area contributed by atoms with Crippen molar-refractivity contribution in [2.45, 2.75) is 5.50 Å². The number of anilines is 2. The fraction of sp³-hybridized carbons (Fsp3) is 0.364. The van der Waals surface area contributed by atoms with E-state index in [1.165, 1.54) is 5.75 Å². The van der Waals surface area contributed by atoms with Gasteiger partial charge in [-0.15, -0.1) is 11.8 Å². The zero-order valence-electron chi connectivity index (χ0n) is 9.14. The third-order valence-corrected chi connectivity index (χ3v) is 3.73. The summed E-state index contributed by atoms with van der Waals surface area (Å²) in [7, 11) is 2.11. The van der Waals surface area contributed by atoms with Gasteiger partial charge in [-0.3, -0.25) is 9.69 Å². The van der Waals surface area contributed by atoms with Gasteiger partial charge in [-0.25, -0.2) is 0 Å². The molecule has 0 radical (unpaired) electrons. The molecule has 0 saturated carbocycles. The van der Waals surface area contributed by atoms with Gasteiger partial charge in [0.05, 0.1) is 0 Å². The predicted molar refractivity (Wildman–Crippen MR) is 68.6 cm³/mol. The monoisotopic (exact) mass is 237 g/mol. The zero-order valence-corrected chi connectivity index (χ0v) is 9.96. The van der Waals surface area contributed by atoms with Gasteiger partial charge in [-0.2, -0.15) is 0 Å². The van der Waals surface area contributed by atoms with Crippen LogP contribution in [0.25, 0.3) is 0 Å². The molecule has 2 rings (SSSR count). The number of carbonyl (C=O) groups excluding carboxylic acids is 1. The first-order valence-corrected chi connectivity index (χ1v) is 6.23. The summed E-state index contributed by atoms with van der Waals surface area (Å²) in [5.41, 5.74) is 2.24. The number of rotatable bonds is 4. The third-order valence-electron chi connectivity index (χ3n) is 2.52. The van der Waals surface area contributed by atoms with Crippen LogP contribution in [0.4, 0.5) is 11.4 Å². The number of hydrogen-bond acceptors (Lipinski definition) is 4.